The van der Waals surface area contributed by atoms with Crippen LogP contribution in [0.5, 0.6) is 0 Å². The van der Waals surface area contributed by atoms with Gasteiger partial charge in [0, 0.05) is 25.9 Å². The van der Waals surface area contributed by atoms with Crippen LogP contribution in [0, 0.1) is 0 Å². The second-order valence-corrected chi connectivity index (χ2v) is 6.94. The smallest absolute Gasteiger partial charge is 0.309 e. The van der Waals surface area contributed by atoms with Crippen molar-refractivity contribution in [2.45, 2.75) is 13.0 Å². The lowest BCUT2D eigenvalue weighted by Gasteiger charge is -2.15. The van der Waals surface area contributed by atoms with Crippen LogP contribution in [0.2, 0.25) is 0 Å². The lowest BCUT2D eigenvalue weighted by Crippen LogP contribution is -2.39. The molecular weight excluding hydrogens is 298 g/mol. The molecule has 1 amide bonds. The molecule has 0 aliphatic heterocycles. The number of sulfone groups is 1. The van der Waals surface area contributed by atoms with Gasteiger partial charge in [0.2, 0.25) is 0 Å². The Hall–Kier alpha value is -2.03. The molecule has 0 fully saturated rings. The Balaban J connectivity index is 2.64. The van der Waals surface area contributed by atoms with E-state index in [1.807, 2.05) is 0 Å². The zero-order chi connectivity index (χ0) is 16.0. The van der Waals surface area contributed by atoms with E-state index in [-0.39, 0.29) is 31.2 Å². The van der Waals surface area contributed by atoms with Gasteiger partial charge in [0.25, 0.3) is 5.91 Å². The van der Waals surface area contributed by atoms with E-state index in [4.69, 9.17) is 5.11 Å². The van der Waals surface area contributed by atoms with Crippen molar-refractivity contribution in [1.82, 2.24) is 10.00 Å². The first-order valence-corrected chi connectivity index (χ1v) is 8.26. The molecule has 0 saturated carbocycles. The van der Waals surface area contributed by atoms with E-state index in [0.717, 1.165) is 6.26 Å². The van der Waals surface area contributed by atoms with Gasteiger partial charge in [-0.05, 0) is 5.10 Å². The third-order valence-corrected chi connectivity index (χ3v) is 3.64. The number of carboxylic acid groups (broad SMARTS) is 1. The highest BCUT2D eigenvalue weighted by atomic mass is 32.2. The molecule has 0 spiro atoms. The summed E-state index contributed by atoms with van der Waals surface area (Å²) in [5.41, 5.74) is 0.317. The second kappa shape index (κ2) is 7.11. The Labute approximate surface area is 122 Å². The maximum atomic E-state index is 12.0. The first-order chi connectivity index (χ1) is 9.69. The molecule has 1 heterocycles. The number of nitrogens with zero attached hydrogens (tertiary/aromatic N) is 3. The predicted molar refractivity (Wildman–Crippen MR) is 73.4 cm³/mol. The van der Waals surface area contributed by atoms with Crippen LogP contribution in [0.3, 0.4) is 0 Å². The van der Waals surface area contributed by atoms with Crippen molar-refractivity contribution < 1.29 is 27.8 Å². The standard InChI is InChI=1S/C12H17N3O5S/c1-14(7-8-21(2,19)20)12(18)10-3-5-15(13-9-10)6-4-11(16)17/h3,5,9H,4,6-8H2,1-2H3/p+1. The summed E-state index contributed by atoms with van der Waals surface area (Å²) < 4.78 is 23.5. The first-order valence-electron chi connectivity index (χ1n) is 6.20. The van der Waals surface area contributed by atoms with E-state index >= 15 is 0 Å². The lowest BCUT2D eigenvalue weighted by molar-refractivity contribution is -0.753. The average molecular weight is 316 g/mol. The van der Waals surface area contributed by atoms with Crippen LogP contribution in [0.15, 0.2) is 18.5 Å². The van der Waals surface area contributed by atoms with Crippen LogP contribution in [0.1, 0.15) is 16.8 Å². The van der Waals surface area contributed by atoms with Crippen molar-refractivity contribution >= 4 is 21.7 Å². The highest BCUT2D eigenvalue weighted by Crippen LogP contribution is 2.00. The third kappa shape index (κ3) is 6.30. The van der Waals surface area contributed by atoms with Gasteiger partial charge in [0.05, 0.1) is 11.3 Å². The zero-order valence-corrected chi connectivity index (χ0v) is 12.7. The minimum Gasteiger partial charge on any atom is -0.481 e. The second-order valence-electron chi connectivity index (χ2n) is 4.68. The topological polar surface area (TPSA) is 109 Å². The summed E-state index contributed by atoms with van der Waals surface area (Å²) in [6.45, 7) is 0.319. The number of carbonyl (C=O) groups excluding carboxylic acids is 1. The normalized spacial score (nSPS) is 11.1. The summed E-state index contributed by atoms with van der Waals surface area (Å²) in [6.07, 6.45) is 3.90. The fourth-order valence-electron chi connectivity index (χ4n) is 1.48. The van der Waals surface area contributed by atoms with Crippen molar-refractivity contribution in [2.75, 3.05) is 25.6 Å². The number of hydrogen-bond donors (Lipinski definition) is 1. The van der Waals surface area contributed by atoms with Crippen molar-refractivity contribution in [3.63, 3.8) is 0 Å². The average Bonchev–Trinajstić information content (AvgIpc) is 2.41. The van der Waals surface area contributed by atoms with Gasteiger partial charge in [-0.1, -0.05) is 4.68 Å². The highest BCUT2D eigenvalue weighted by Gasteiger charge is 2.16. The van der Waals surface area contributed by atoms with Gasteiger partial charge >= 0.3 is 5.97 Å². The van der Waals surface area contributed by atoms with E-state index in [0.29, 0.717) is 5.56 Å². The van der Waals surface area contributed by atoms with Gasteiger partial charge in [0.15, 0.2) is 12.7 Å². The zero-order valence-electron chi connectivity index (χ0n) is 11.9. The van der Waals surface area contributed by atoms with Crippen molar-refractivity contribution in [3.8, 4) is 0 Å². The van der Waals surface area contributed by atoms with Crippen molar-refractivity contribution in [2.24, 2.45) is 0 Å². The molecule has 8 nitrogen and oxygen atoms in total. The predicted octanol–water partition coefficient (Wildman–Crippen LogP) is -1.04. The molecule has 21 heavy (non-hydrogen) atoms. The summed E-state index contributed by atoms with van der Waals surface area (Å²) in [4.78, 5) is 23.8. The number of carbonyl (C=O) groups is 2. The van der Waals surface area contributed by atoms with Crippen molar-refractivity contribution in [3.05, 3.63) is 24.0 Å². The molecule has 1 rings (SSSR count). The number of rotatable bonds is 7. The summed E-state index contributed by atoms with van der Waals surface area (Å²) in [7, 11) is -1.61. The number of hydrogen-bond acceptors (Lipinski definition) is 5. The number of carboxylic acids is 1. The number of aromatic nitrogens is 2. The SMILES string of the molecule is CN(CCS(C)(=O)=O)C(=O)c1cc[n+](CCC(=O)O)nc1. The Kier molecular flexibility index (Phi) is 5.77. The summed E-state index contributed by atoms with van der Waals surface area (Å²) in [6, 6.07) is 1.52. The van der Waals surface area contributed by atoms with Crippen LogP contribution >= 0.6 is 0 Å². The molecule has 116 valence electrons. The molecule has 0 aliphatic rings. The Morgan fingerprint density at radius 3 is 2.57 bits per heavy atom. The Morgan fingerprint density at radius 1 is 1.43 bits per heavy atom. The molecular formula is C12H18N3O5S+. The monoisotopic (exact) mass is 316 g/mol. The maximum Gasteiger partial charge on any atom is 0.309 e. The van der Waals surface area contributed by atoms with E-state index < -0.39 is 15.8 Å². The van der Waals surface area contributed by atoms with E-state index in [2.05, 4.69) is 5.10 Å². The maximum absolute atomic E-state index is 12.0. The summed E-state index contributed by atoms with van der Waals surface area (Å²) in [5.74, 6) is -1.37. The van der Waals surface area contributed by atoms with Gasteiger partial charge in [0.1, 0.15) is 22.5 Å². The molecule has 1 aromatic rings. The number of aliphatic carboxylic acids is 1. The fraction of sp³-hybridized carbons (Fsp3) is 0.500. The Morgan fingerprint density at radius 2 is 2.10 bits per heavy atom. The quantitative estimate of drug-likeness (QED) is 0.644. The van der Waals surface area contributed by atoms with Crippen LogP contribution in [-0.2, 0) is 21.2 Å². The summed E-state index contributed by atoms with van der Waals surface area (Å²) in [5, 5.41) is 12.5. The minimum absolute atomic E-state index is 0.0563. The first kappa shape index (κ1) is 17.0. The van der Waals surface area contributed by atoms with Crippen LogP contribution in [-0.4, -0.2) is 61.0 Å². The van der Waals surface area contributed by atoms with Gasteiger partial charge in [-0.3, -0.25) is 9.59 Å². The van der Waals surface area contributed by atoms with Crippen LogP contribution in [0.25, 0.3) is 0 Å². The molecule has 0 saturated heterocycles. The third-order valence-electron chi connectivity index (χ3n) is 2.72. The van der Waals surface area contributed by atoms with Gasteiger partial charge in [-0.25, -0.2) is 8.42 Å². The van der Waals surface area contributed by atoms with E-state index in [1.54, 1.807) is 0 Å². The number of aryl methyl sites for hydroxylation is 1. The van der Waals surface area contributed by atoms with Crippen LogP contribution < -0.4 is 4.68 Å². The molecule has 1 N–H and O–H groups in total. The highest BCUT2D eigenvalue weighted by molar-refractivity contribution is 7.90. The lowest BCUT2D eigenvalue weighted by atomic mass is 10.3. The Bertz CT molecular complexity index is 612. The van der Waals surface area contributed by atoms with Crippen molar-refractivity contribution in [1.29, 1.82) is 0 Å². The minimum atomic E-state index is -3.13. The molecule has 0 bridgehead atoms. The molecule has 0 aliphatic carbocycles. The summed E-state index contributed by atoms with van der Waals surface area (Å²) >= 11 is 0. The molecule has 0 unspecified atom stereocenters. The van der Waals surface area contributed by atoms with E-state index in [1.165, 1.54) is 35.1 Å². The molecule has 0 atom stereocenters. The van der Waals surface area contributed by atoms with Crippen LogP contribution in [0.4, 0.5) is 0 Å². The largest absolute Gasteiger partial charge is 0.481 e. The molecule has 9 heteroatoms. The molecule has 1 aromatic heterocycles. The molecule has 0 aromatic carbocycles. The van der Waals surface area contributed by atoms with Gasteiger partial charge in [-0.15, -0.1) is 0 Å². The van der Waals surface area contributed by atoms with Gasteiger partial charge in [-0.2, -0.15) is 0 Å². The number of amides is 1. The molecule has 0 radical (unpaired) electrons. The fourth-order valence-corrected chi connectivity index (χ4v) is 2.08. The van der Waals surface area contributed by atoms with Gasteiger partial charge < -0.3 is 10.0 Å². The van der Waals surface area contributed by atoms with E-state index in [9.17, 15) is 18.0 Å².